The summed E-state index contributed by atoms with van der Waals surface area (Å²) >= 11 is 1.72. The molecule has 0 bridgehead atoms. The first-order valence-electron chi connectivity index (χ1n) is 4.46. The fourth-order valence-corrected chi connectivity index (χ4v) is 1.74. The van der Waals surface area contributed by atoms with E-state index in [0.717, 1.165) is 24.6 Å². The Morgan fingerprint density at radius 3 is 2.92 bits per heavy atom. The van der Waals surface area contributed by atoms with Gasteiger partial charge in [-0.15, -0.1) is 11.3 Å². The van der Waals surface area contributed by atoms with Gasteiger partial charge < -0.3 is 5.32 Å². The zero-order chi connectivity index (χ0) is 9.68. The van der Waals surface area contributed by atoms with E-state index in [9.17, 15) is 0 Å². The molecule has 1 rings (SSSR count). The van der Waals surface area contributed by atoms with E-state index in [1.807, 2.05) is 14.0 Å². The van der Waals surface area contributed by atoms with Crippen LogP contribution in [0.5, 0.6) is 0 Å². The molecule has 0 aliphatic heterocycles. The number of thiazole rings is 1. The minimum Gasteiger partial charge on any atom is -0.318 e. The van der Waals surface area contributed by atoms with Crippen molar-refractivity contribution in [3.63, 3.8) is 0 Å². The monoisotopic (exact) mass is 199 g/mol. The second-order valence-electron chi connectivity index (χ2n) is 3.20. The molecule has 0 unspecified atom stereocenters. The Labute approximate surface area is 83.8 Å². The molecule has 1 heterocycles. The molecule has 0 saturated heterocycles. The summed E-state index contributed by atoms with van der Waals surface area (Å²) in [5, 5.41) is 6.41. The van der Waals surface area contributed by atoms with E-state index in [-0.39, 0.29) is 0 Å². The molecule has 0 spiro atoms. The summed E-state index contributed by atoms with van der Waals surface area (Å²) in [6.07, 6.45) is 0. The standard InChI is InChI=1S/C9H17N3S/c1-8-11-9(7-13-8)6-12(3)5-4-10-2/h7,10H,4-6H2,1-3H3. The van der Waals surface area contributed by atoms with Crippen molar-refractivity contribution in [3.05, 3.63) is 16.1 Å². The van der Waals surface area contributed by atoms with Crippen LogP contribution in [0.2, 0.25) is 0 Å². The summed E-state index contributed by atoms with van der Waals surface area (Å²) in [5.74, 6) is 0. The number of hydrogen-bond acceptors (Lipinski definition) is 4. The minimum absolute atomic E-state index is 0.950. The maximum Gasteiger partial charge on any atom is 0.0897 e. The van der Waals surface area contributed by atoms with Gasteiger partial charge in [0.25, 0.3) is 0 Å². The van der Waals surface area contributed by atoms with Crippen molar-refractivity contribution in [2.45, 2.75) is 13.5 Å². The molecule has 0 atom stereocenters. The molecule has 3 nitrogen and oxygen atoms in total. The van der Waals surface area contributed by atoms with Crippen molar-refractivity contribution in [3.8, 4) is 0 Å². The second kappa shape index (κ2) is 5.32. The molecule has 0 aliphatic carbocycles. The van der Waals surface area contributed by atoms with Crippen molar-refractivity contribution in [2.24, 2.45) is 0 Å². The van der Waals surface area contributed by atoms with Crippen LogP contribution in [0.1, 0.15) is 10.7 Å². The smallest absolute Gasteiger partial charge is 0.0897 e. The van der Waals surface area contributed by atoms with Gasteiger partial charge in [-0.25, -0.2) is 4.98 Å². The maximum absolute atomic E-state index is 4.42. The number of likely N-dealkylation sites (N-methyl/N-ethyl adjacent to an activating group) is 2. The van der Waals surface area contributed by atoms with Crippen LogP contribution in [0.15, 0.2) is 5.38 Å². The Kier molecular flexibility index (Phi) is 4.35. The van der Waals surface area contributed by atoms with E-state index in [1.165, 1.54) is 5.69 Å². The molecule has 0 aromatic carbocycles. The van der Waals surface area contributed by atoms with Crippen molar-refractivity contribution >= 4 is 11.3 Å². The van der Waals surface area contributed by atoms with Crippen LogP contribution in [0, 0.1) is 6.92 Å². The summed E-state index contributed by atoms with van der Waals surface area (Å²) in [6.45, 7) is 5.08. The van der Waals surface area contributed by atoms with Crippen molar-refractivity contribution in [2.75, 3.05) is 27.2 Å². The lowest BCUT2D eigenvalue weighted by Crippen LogP contribution is -2.27. The number of hydrogen-bond donors (Lipinski definition) is 1. The van der Waals surface area contributed by atoms with Crippen molar-refractivity contribution < 1.29 is 0 Å². The lowest BCUT2D eigenvalue weighted by molar-refractivity contribution is 0.325. The molecular formula is C9H17N3S. The average molecular weight is 199 g/mol. The van der Waals surface area contributed by atoms with Gasteiger partial charge in [-0.3, -0.25) is 4.90 Å². The van der Waals surface area contributed by atoms with E-state index in [4.69, 9.17) is 0 Å². The highest BCUT2D eigenvalue weighted by Crippen LogP contribution is 2.09. The Balaban J connectivity index is 2.31. The van der Waals surface area contributed by atoms with E-state index in [1.54, 1.807) is 11.3 Å². The van der Waals surface area contributed by atoms with E-state index in [2.05, 4.69) is 27.6 Å². The Morgan fingerprint density at radius 1 is 1.62 bits per heavy atom. The van der Waals surface area contributed by atoms with Gasteiger partial charge in [-0.1, -0.05) is 0 Å². The molecule has 1 aromatic rings. The quantitative estimate of drug-likeness (QED) is 0.770. The number of aromatic nitrogens is 1. The molecule has 0 fully saturated rings. The van der Waals surface area contributed by atoms with E-state index in [0.29, 0.717) is 0 Å². The highest BCUT2D eigenvalue weighted by molar-refractivity contribution is 7.09. The summed E-state index contributed by atoms with van der Waals surface area (Å²) in [4.78, 5) is 6.68. The first kappa shape index (κ1) is 10.6. The molecule has 0 aliphatic rings. The lowest BCUT2D eigenvalue weighted by Gasteiger charge is -2.14. The number of nitrogens with zero attached hydrogens (tertiary/aromatic N) is 2. The molecular weight excluding hydrogens is 182 g/mol. The molecule has 0 radical (unpaired) electrons. The fourth-order valence-electron chi connectivity index (χ4n) is 1.14. The van der Waals surface area contributed by atoms with Crippen LogP contribution in [-0.2, 0) is 6.54 Å². The van der Waals surface area contributed by atoms with Gasteiger partial charge in [0.2, 0.25) is 0 Å². The van der Waals surface area contributed by atoms with Gasteiger partial charge in [0.15, 0.2) is 0 Å². The average Bonchev–Trinajstić information content (AvgIpc) is 2.48. The second-order valence-corrected chi connectivity index (χ2v) is 4.26. The molecule has 13 heavy (non-hydrogen) atoms. The van der Waals surface area contributed by atoms with Crippen LogP contribution in [0.3, 0.4) is 0 Å². The van der Waals surface area contributed by atoms with Crippen molar-refractivity contribution in [1.29, 1.82) is 0 Å². The predicted octanol–water partition coefficient (Wildman–Crippen LogP) is 1.10. The topological polar surface area (TPSA) is 28.2 Å². The van der Waals surface area contributed by atoms with Gasteiger partial charge in [0.05, 0.1) is 10.7 Å². The highest BCUT2D eigenvalue weighted by atomic mass is 32.1. The lowest BCUT2D eigenvalue weighted by atomic mass is 10.4. The third-order valence-electron chi connectivity index (χ3n) is 1.84. The van der Waals surface area contributed by atoms with Crippen LogP contribution >= 0.6 is 11.3 Å². The first-order valence-corrected chi connectivity index (χ1v) is 5.34. The summed E-state index contributed by atoms with van der Waals surface area (Å²) < 4.78 is 0. The van der Waals surface area contributed by atoms with Crippen LogP contribution < -0.4 is 5.32 Å². The van der Waals surface area contributed by atoms with Crippen molar-refractivity contribution in [1.82, 2.24) is 15.2 Å². The van der Waals surface area contributed by atoms with Gasteiger partial charge in [-0.05, 0) is 21.0 Å². The van der Waals surface area contributed by atoms with E-state index >= 15 is 0 Å². The highest BCUT2D eigenvalue weighted by Gasteiger charge is 2.02. The van der Waals surface area contributed by atoms with Gasteiger partial charge in [0, 0.05) is 25.0 Å². The SMILES string of the molecule is CNCCN(C)Cc1csc(C)n1. The Hall–Kier alpha value is -0.450. The number of nitrogens with one attached hydrogen (secondary N) is 1. The zero-order valence-electron chi connectivity index (χ0n) is 8.50. The Bertz CT molecular complexity index is 247. The Morgan fingerprint density at radius 2 is 2.38 bits per heavy atom. The number of aryl methyl sites for hydroxylation is 1. The molecule has 4 heteroatoms. The van der Waals surface area contributed by atoms with Crippen LogP contribution in [-0.4, -0.2) is 37.1 Å². The van der Waals surface area contributed by atoms with Gasteiger partial charge >= 0.3 is 0 Å². The summed E-state index contributed by atoms with van der Waals surface area (Å²) in [7, 11) is 4.09. The molecule has 74 valence electrons. The maximum atomic E-state index is 4.42. The third-order valence-corrected chi connectivity index (χ3v) is 2.66. The van der Waals surface area contributed by atoms with Crippen LogP contribution in [0.4, 0.5) is 0 Å². The molecule has 0 amide bonds. The fraction of sp³-hybridized carbons (Fsp3) is 0.667. The molecule has 0 saturated carbocycles. The minimum atomic E-state index is 0.950. The molecule has 1 aromatic heterocycles. The van der Waals surface area contributed by atoms with Crippen LogP contribution in [0.25, 0.3) is 0 Å². The predicted molar refractivity (Wildman–Crippen MR) is 57.1 cm³/mol. The largest absolute Gasteiger partial charge is 0.318 e. The normalized spacial score (nSPS) is 11.1. The molecule has 1 N–H and O–H groups in total. The third kappa shape index (κ3) is 3.85. The van der Waals surface area contributed by atoms with Gasteiger partial charge in [0.1, 0.15) is 0 Å². The number of rotatable bonds is 5. The first-order chi connectivity index (χ1) is 6.22. The van der Waals surface area contributed by atoms with Gasteiger partial charge in [-0.2, -0.15) is 0 Å². The zero-order valence-corrected chi connectivity index (χ0v) is 9.32. The van der Waals surface area contributed by atoms with E-state index < -0.39 is 0 Å². The summed E-state index contributed by atoms with van der Waals surface area (Å²) in [6, 6.07) is 0. The summed E-state index contributed by atoms with van der Waals surface area (Å²) in [5.41, 5.74) is 1.18.